The number of thiophene rings is 1. The summed E-state index contributed by atoms with van der Waals surface area (Å²) in [5, 5.41) is 1.86. The van der Waals surface area contributed by atoms with Gasteiger partial charge in [-0.1, -0.05) is 13.8 Å². The predicted molar refractivity (Wildman–Crippen MR) is 83.8 cm³/mol. The molecule has 0 aliphatic carbocycles. The molecule has 1 N–H and O–H groups in total. The summed E-state index contributed by atoms with van der Waals surface area (Å²) < 4.78 is 22.9. The lowest BCUT2D eigenvalue weighted by atomic mass is 9.96. The fourth-order valence-corrected chi connectivity index (χ4v) is 3.46. The Labute approximate surface area is 125 Å². The van der Waals surface area contributed by atoms with Gasteiger partial charge in [0.25, 0.3) is 0 Å². The van der Waals surface area contributed by atoms with Gasteiger partial charge in [0.05, 0.1) is 6.04 Å². The number of hydrogen-bond acceptors (Lipinski definition) is 4. The van der Waals surface area contributed by atoms with Crippen LogP contribution in [0.3, 0.4) is 0 Å². The van der Waals surface area contributed by atoms with Crippen LogP contribution in [0.15, 0.2) is 6.07 Å². The largest absolute Gasteiger partial charge is 0.348 e. The third-order valence-corrected chi connectivity index (χ3v) is 5.87. The first-order chi connectivity index (χ1) is 9.04. The molecule has 114 valence electrons. The molecule has 0 radical (unpaired) electrons. The van der Waals surface area contributed by atoms with Crippen LogP contribution in [0.1, 0.15) is 42.1 Å². The van der Waals surface area contributed by atoms with E-state index in [2.05, 4.69) is 11.4 Å². The van der Waals surface area contributed by atoms with Crippen molar-refractivity contribution < 1.29 is 13.2 Å². The minimum Gasteiger partial charge on any atom is -0.348 e. The monoisotopic (exact) mass is 317 g/mol. The molecule has 0 saturated heterocycles. The highest BCUT2D eigenvalue weighted by molar-refractivity contribution is 7.92. The van der Waals surface area contributed by atoms with Crippen LogP contribution in [0.5, 0.6) is 0 Å². The maximum Gasteiger partial charge on any atom is 0.238 e. The highest BCUT2D eigenvalue weighted by atomic mass is 32.2. The van der Waals surface area contributed by atoms with Gasteiger partial charge in [-0.15, -0.1) is 11.3 Å². The van der Waals surface area contributed by atoms with Crippen molar-refractivity contribution in [2.45, 2.75) is 45.9 Å². The molecule has 0 spiro atoms. The van der Waals surface area contributed by atoms with Gasteiger partial charge in [-0.05, 0) is 38.3 Å². The average Bonchev–Trinajstić information content (AvgIpc) is 2.62. The zero-order chi connectivity index (χ0) is 15.7. The van der Waals surface area contributed by atoms with Crippen LogP contribution in [-0.2, 0) is 14.6 Å². The Hall–Kier alpha value is -0.880. The Balaban J connectivity index is 3.01. The second kappa shape index (κ2) is 6.26. The van der Waals surface area contributed by atoms with Crippen LogP contribution in [0.25, 0.3) is 0 Å². The minimum atomic E-state index is -3.37. The summed E-state index contributed by atoms with van der Waals surface area (Å²) in [5.74, 6) is -0.243. The summed E-state index contributed by atoms with van der Waals surface area (Å²) in [7, 11) is -3.37. The van der Waals surface area contributed by atoms with E-state index in [0.717, 1.165) is 16.7 Å². The number of amides is 1. The summed E-state index contributed by atoms with van der Waals surface area (Å²) in [4.78, 5) is 14.5. The van der Waals surface area contributed by atoms with Gasteiger partial charge in [-0.2, -0.15) is 0 Å². The van der Waals surface area contributed by atoms with Gasteiger partial charge in [-0.25, -0.2) is 8.42 Å². The van der Waals surface area contributed by atoms with Gasteiger partial charge in [0.2, 0.25) is 5.91 Å². The number of carbonyl (C=O) groups is 1. The zero-order valence-electron chi connectivity index (χ0n) is 12.9. The van der Waals surface area contributed by atoms with Crippen molar-refractivity contribution >= 4 is 27.1 Å². The van der Waals surface area contributed by atoms with Gasteiger partial charge in [0.1, 0.15) is 5.25 Å². The molecular weight excluding hydrogens is 294 g/mol. The first kappa shape index (κ1) is 17.2. The van der Waals surface area contributed by atoms with Crippen molar-refractivity contribution in [1.29, 1.82) is 0 Å². The Kier molecular flexibility index (Phi) is 5.38. The molecule has 2 atom stereocenters. The van der Waals surface area contributed by atoms with Gasteiger partial charge in [0.15, 0.2) is 9.84 Å². The van der Waals surface area contributed by atoms with E-state index in [1.54, 1.807) is 11.3 Å². The molecule has 0 aliphatic heterocycles. The van der Waals surface area contributed by atoms with E-state index in [1.807, 2.05) is 27.7 Å². The van der Waals surface area contributed by atoms with Crippen molar-refractivity contribution in [3.05, 3.63) is 21.4 Å². The fourth-order valence-electron chi connectivity index (χ4n) is 2.03. The van der Waals surface area contributed by atoms with Crippen molar-refractivity contribution in [2.24, 2.45) is 5.92 Å². The third kappa shape index (κ3) is 4.06. The van der Waals surface area contributed by atoms with Crippen molar-refractivity contribution in [3.8, 4) is 0 Å². The summed E-state index contributed by atoms with van der Waals surface area (Å²) in [5.41, 5.74) is 1.08. The Bertz CT molecular complexity index is 588. The topological polar surface area (TPSA) is 63.2 Å². The van der Waals surface area contributed by atoms with E-state index in [9.17, 15) is 13.2 Å². The molecule has 0 unspecified atom stereocenters. The highest BCUT2D eigenvalue weighted by Crippen LogP contribution is 2.30. The molecule has 6 heteroatoms. The third-order valence-electron chi connectivity index (χ3n) is 3.39. The van der Waals surface area contributed by atoms with E-state index < -0.39 is 21.0 Å². The predicted octanol–water partition coefficient (Wildman–Crippen LogP) is 2.61. The standard InChI is InChI=1S/C14H23NO3S2/c1-8(2)13(12-7-9(3)19-10(12)4)15-14(16)11(5)20(6,17)18/h7-8,11,13H,1-6H3,(H,15,16)/t11-,13-/m1/s1. The lowest BCUT2D eigenvalue weighted by Crippen LogP contribution is -2.41. The number of rotatable bonds is 5. The molecule has 1 rings (SSSR count). The molecular formula is C14H23NO3S2. The van der Waals surface area contributed by atoms with Crippen molar-refractivity contribution in [2.75, 3.05) is 6.26 Å². The van der Waals surface area contributed by atoms with Crippen LogP contribution >= 0.6 is 11.3 Å². The van der Waals surface area contributed by atoms with Crippen LogP contribution in [0.2, 0.25) is 0 Å². The average molecular weight is 317 g/mol. The highest BCUT2D eigenvalue weighted by Gasteiger charge is 2.28. The maximum absolute atomic E-state index is 12.1. The molecule has 0 aliphatic rings. The summed E-state index contributed by atoms with van der Waals surface area (Å²) in [6.45, 7) is 9.51. The molecule has 0 fully saturated rings. The van der Waals surface area contributed by atoms with Crippen LogP contribution in [0.4, 0.5) is 0 Å². The van der Waals surface area contributed by atoms with E-state index >= 15 is 0 Å². The molecule has 0 bridgehead atoms. The first-order valence-electron chi connectivity index (χ1n) is 6.60. The second-order valence-electron chi connectivity index (χ2n) is 5.57. The number of nitrogens with one attached hydrogen (secondary N) is 1. The Morgan fingerprint density at radius 1 is 1.25 bits per heavy atom. The summed E-state index contributed by atoms with van der Waals surface area (Å²) >= 11 is 1.69. The lowest BCUT2D eigenvalue weighted by Gasteiger charge is -2.24. The normalized spacial score (nSPS) is 15.2. The minimum absolute atomic E-state index is 0.156. The van der Waals surface area contributed by atoms with Gasteiger partial charge in [-0.3, -0.25) is 4.79 Å². The van der Waals surface area contributed by atoms with Crippen molar-refractivity contribution in [3.63, 3.8) is 0 Å². The molecule has 1 amide bonds. The Morgan fingerprint density at radius 2 is 1.80 bits per heavy atom. The number of carbonyl (C=O) groups excluding carboxylic acids is 1. The van der Waals surface area contributed by atoms with E-state index in [1.165, 1.54) is 11.8 Å². The maximum atomic E-state index is 12.1. The van der Waals surface area contributed by atoms with Crippen LogP contribution < -0.4 is 5.32 Å². The molecule has 0 aromatic carbocycles. The molecule has 4 nitrogen and oxygen atoms in total. The number of aryl methyl sites for hydroxylation is 2. The molecule has 1 heterocycles. The van der Waals surface area contributed by atoms with Crippen molar-refractivity contribution in [1.82, 2.24) is 5.32 Å². The molecule has 1 aromatic rings. The lowest BCUT2D eigenvalue weighted by molar-refractivity contribution is -0.121. The number of hydrogen-bond donors (Lipinski definition) is 1. The van der Waals surface area contributed by atoms with Gasteiger partial charge >= 0.3 is 0 Å². The molecule has 20 heavy (non-hydrogen) atoms. The molecule has 1 aromatic heterocycles. The summed E-state index contributed by atoms with van der Waals surface area (Å²) in [6, 6.07) is 1.91. The summed E-state index contributed by atoms with van der Waals surface area (Å²) in [6.07, 6.45) is 1.08. The SMILES string of the molecule is Cc1cc([C@H](NC(=O)[C@@H](C)S(C)(=O)=O)C(C)C)c(C)s1. The van der Waals surface area contributed by atoms with Crippen LogP contribution in [0, 0.1) is 19.8 Å². The molecule has 0 saturated carbocycles. The quantitative estimate of drug-likeness (QED) is 0.908. The Morgan fingerprint density at radius 3 is 2.15 bits per heavy atom. The van der Waals surface area contributed by atoms with Gasteiger partial charge < -0.3 is 5.32 Å². The van der Waals surface area contributed by atoms with E-state index in [0.29, 0.717) is 0 Å². The fraction of sp³-hybridized carbons (Fsp3) is 0.643. The van der Waals surface area contributed by atoms with Crippen LogP contribution in [-0.4, -0.2) is 25.8 Å². The number of sulfone groups is 1. The zero-order valence-corrected chi connectivity index (χ0v) is 14.5. The second-order valence-corrected chi connectivity index (χ2v) is 9.40. The first-order valence-corrected chi connectivity index (χ1v) is 9.37. The van der Waals surface area contributed by atoms with E-state index in [4.69, 9.17) is 0 Å². The van der Waals surface area contributed by atoms with Gasteiger partial charge in [0, 0.05) is 16.0 Å². The van der Waals surface area contributed by atoms with E-state index in [-0.39, 0.29) is 12.0 Å². The smallest absolute Gasteiger partial charge is 0.238 e.